The molecule has 2 aromatic rings. The lowest BCUT2D eigenvalue weighted by Gasteiger charge is -2.01. The fourth-order valence-electron chi connectivity index (χ4n) is 1.71. The summed E-state index contributed by atoms with van der Waals surface area (Å²) in [6.07, 6.45) is 0. The number of benzene rings is 1. The first-order valence-corrected chi connectivity index (χ1v) is 6.37. The molecule has 3 rings (SSSR count). The lowest BCUT2D eigenvalue weighted by molar-refractivity contribution is 0.958. The summed E-state index contributed by atoms with van der Waals surface area (Å²) in [5.74, 6) is 1.22. The fraction of sp³-hybridized carbons (Fsp3) is 0.200. The van der Waals surface area contributed by atoms with Crippen LogP contribution in [0.15, 0.2) is 11.1 Å². The molecule has 0 atom stereocenters. The Balaban J connectivity index is 2.03. The smallest absolute Gasteiger partial charge is 0.208 e. The number of imidazole rings is 1. The van der Waals surface area contributed by atoms with Gasteiger partial charge in [-0.1, -0.05) is 34.8 Å². The number of nitrogens with zero attached hydrogens (tertiary/aromatic N) is 2. The lowest BCUT2D eigenvalue weighted by Crippen LogP contribution is -2.26. The third-order valence-electron chi connectivity index (χ3n) is 2.53. The third-order valence-corrected chi connectivity index (χ3v) is 3.79. The Labute approximate surface area is 118 Å². The molecular formula is C10H8Cl3N5. The Hall–Kier alpha value is -1.17. The van der Waals surface area contributed by atoms with Crippen LogP contribution in [0.25, 0.3) is 11.0 Å². The minimum absolute atomic E-state index is 0.317. The van der Waals surface area contributed by atoms with Gasteiger partial charge in [0.25, 0.3) is 0 Å². The number of hydrogen-bond acceptors (Lipinski definition) is 4. The highest BCUT2D eigenvalue weighted by Crippen LogP contribution is 2.36. The second kappa shape index (κ2) is 4.50. The van der Waals surface area contributed by atoms with Gasteiger partial charge in [-0.25, -0.2) is 4.98 Å². The highest BCUT2D eigenvalue weighted by atomic mass is 35.5. The predicted molar refractivity (Wildman–Crippen MR) is 75.1 cm³/mol. The maximum absolute atomic E-state index is 6.10. The second-order valence-electron chi connectivity index (χ2n) is 3.75. The average Bonchev–Trinajstić information content (AvgIpc) is 2.96. The highest BCUT2D eigenvalue weighted by Gasteiger charge is 2.14. The Morgan fingerprint density at radius 2 is 2.06 bits per heavy atom. The van der Waals surface area contributed by atoms with Crippen molar-refractivity contribution in [2.24, 2.45) is 4.99 Å². The van der Waals surface area contributed by atoms with E-state index < -0.39 is 0 Å². The minimum atomic E-state index is 0.317. The molecular weight excluding hydrogens is 297 g/mol. The van der Waals surface area contributed by atoms with Gasteiger partial charge in [-0.05, 0) is 6.07 Å². The van der Waals surface area contributed by atoms with Gasteiger partial charge < -0.3 is 10.3 Å². The third kappa shape index (κ3) is 1.98. The number of guanidine groups is 1. The molecule has 1 aromatic carbocycles. The maximum atomic E-state index is 6.10. The molecule has 94 valence electrons. The van der Waals surface area contributed by atoms with E-state index in [-0.39, 0.29) is 0 Å². The van der Waals surface area contributed by atoms with Crippen LogP contribution in [0.5, 0.6) is 0 Å². The molecule has 0 spiro atoms. The van der Waals surface area contributed by atoms with Gasteiger partial charge in [0.1, 0.15) is 0 Å². The van der Waals surface area contributed by atoms with E-state index >= 15 is 0 Å². The summed E-state index contributed by atoms with van der Waals surface area (Å²) in [6.45, 7) is 1.57. The number of nitrogens with one attached hydrogen (secondary N) is 3. The van der Waals surface area contributed by atoms with Crippen LogP contribution in [0.2, 0.25) is 15.1 Å². The first-order chi connectivity index (χ1) is 8.65. The van der Waals surface area contributed by atoms with Crippen LogP contribution in [0.1, 0.15) is 0 Å². The van der Waals surface area contributed by atoms with Crippen molar-refractivity contribution in [2.75, 3.05) is 18.4 Å². The largest absolute Gasteiger partial charge is 0.354 e. The molecule has 0 saturated carbocycles. The first kappa shape index (κ1) is 11.9. The summed E-state index contributed by atoms with van der Waals surface area (Å²) in [7, 11) is 0. The number of halogens is 3. The topological polar surface area (TPSA) is 65.1 Å². The van der Waals surface area contributed by atoms with Gasteiger partial charge in [0.2, 0.25) is 5.95 Å². The fourth-order valence-corrected chi connectivity index (χ4v) is 2.35. The second-order valence-corrected chi connectivity index (χ2v) is 4.91. The van der Waals surface area contributed by atoms with Crippen LogP contribution in [-0.4, -0.2) is 29.0 Å². The molecule has 1 aliphatic rings. The standard InChI is InChI=1S/C10H8Cl3N5/c11-4-3-5-8(7(13)6(4)12)17-10(16-5)18-9-14-1-2-15-9/h3H,1-2H2,(H3,14,15,16,17,18). The summed E-state index contributed by atoms with van der Waals surface area (Å²) in [5.41, 5.74) is 1.29. The molecule has 18 heavy (non-hydrogen) atoms. The predicted octanol–water partition coefficient (Wildman–Crippen LogP) is 2.89. The molecule has 0 bridgehead atoms. The van der Waals surface area contributed by atoms with Gasteiger partial charge >= 0.3 is 0 Å². The molecule has 0 amide bonds. The number of fused-ring (bicyclic) bond motifs is 1. The van der Waals surface area contributed by atoms with Crippen molar-refractivity contribution in [1.29, 1.82) is 0 Å². The van der Waals surface area contributed by atoms with Gasteiger partial charge in [-0.15, -0.1) is 0 Å². The van der Waals surface area contributed by atoms with Gasteiger partial charge in [-0.2, -0.15) is 0 Å². The van der Waals surface area contributed by atoms with E-state index in [1.165, 1.54) is 0 Å². The van der Waals surface area contributed by atoms with Crippen LogP contribution >= 0.6 is 34.8 Å². The molecule has 5 nitrogen and oxygen atoms in total. The van der Waals surface area contributed by atoms with Crippen molar-refractivity contribution in [3.63, 3.8) is 0 Å². The number of aromatic nitrogens is 2. The van der Waals surface area contributed by atoms with E-state index in [0.717, 1.165) is 13.1 Å². The van der Waals surface area contributed by atoms with Crippen LogP contribution < -0.4 is 10.6 Å². The zero-order chi connectivity index (χ0) is 12.7. The van der Waals surface area contributed by atoms with Gasteiger partial charge in [0, 0.05) is 6.54 Å². The number of hydrogen-bond donors (Lipinski definition) is 3. The van der Waals surface area contributed by atoms with Gasteiger partial charge in [0.15, 0.2) is 5.96 Å². The molecule has 0 fully saturated rings. The number of anilines is 1. The summed E-state index contributed by atoms with van der Waals surface area (Å²) in [5, 5.41) is 7.16. The Bertz CT molecular complexity index is 648. The van der Waals surface area contributed by atoms with Crippen molar-refractivity contribution >= 4 is 57.7 Å². The molecule has 1 aromatic heterocycles. The molecule has 3 N–H and O–H groups in total. The Morgan fingerprint density at radius 1 is 1.22 bits per heavy atom. The minimum Gasteiger partial charge on any atom is -0.354 e. The van der Waals surface area contributed by atoms with Crippen LogP contribution in [0, 0.1) is 0 Å². The first-order valence-electron chi connectivity index (χ1n) is 5.23. The van der Waals surface area contributed by atoms with Crippen LogP contribution in [-0.2, 0) is 0 Å². The number of H-pyrrole nitrogens is 1. The van der Waals surface area contributed by atoms with Crippen molar-refractivity contribution in [1.82, 2.24) is 15.3 Å². The lowest BCUT2D eigenvalue weighted by atomic mass is 10.3. The Kier molecular flexibility index (Phi) is 2.97. The van der Waals surface area contributed by atoms with E-state index in [1.807, 2.05) is 0 Å². The van der Waals surface area contributed by atoms with Crippen molar-refractivity contribution in [2.45, 2.75) is 0 Å². The highest BCUT2D eigenvalue weighted by molar-refractivity contribution is 6.50. The molecule has 0 radical (unpaired) electrons. The average molecular weight is 305 g/mol. The normalized spacial score (nSPS) is 14.7. The molecule has 2 heterocycles. The molecule has 1 aliphatic heterocycles. The van der Waals surface area contributed by atoms with Crippen molar-refractivity contribution < 1.29 is 0 Å². The molecule has 0 saturated heterocycles. The summed E-state index contributed by atoms with van der Waals surface area (Å²) < 4.78 is 0. The molecule has 8 heteroatoms. The van der Waals surface area contributed by atoms with E-state index in [0.29, 0.717) is 38.0 Å². The van der Waals surface area contributed by atoms with E-state index in [4.69, 9.17) is 34.8 Å². The van der Waals surface area contributed by atoms with Crippen LogP contribution in [0.3, 0.4) is 0 Å². The quantitative estimate of drug-likeness (QED) is 0.710. The van der Waals surface area contributed by atoms with E-state index in [9.17, 15) is 0 Å². The Morgan fingerprint density at radius 3 is 2.78 bits per heavy atom. The van der Waals surface area contributed by atoms with E-state index in [2.05, 4.69) is 25.6 Å². The zero-order valence-electron chi connectivity index (χ0n) is 9.02. The number of aliphatic imine (C=N–C) groups is 1. The van der Waals surface area contributed by atoms with Gasteiger partial charge in [0.05, 0.1) is 32.6 Å². The summed E-state index contributed by atoms with van der Waals surface area (Å²) >= 11 is 18.0. The monoisotopic (exact) mass is 303 g/mol. The SMILES string of the molecule is Clc1cc2nc(NC3=NCCN3)[nH]c2c(Cl)c1Cl. The number of rotatable bonds is 1. The van der Waals surface area contributed by atoms with Crippen LogP contribution in [0.4, 0.5) is 5.95 Å². The molecule has 0 unspecified atom stereocenters. The van der Waals surface area contributed by atoms with E-state index in [1.54, 1.807) is 6.07 Å². The zero-order valence-corrected chi connectivity index (χ0v) is 11.3. The molecule has 0 aliphatic carbocycles. The van der Waals surface area contributed by atoms with Crippen molar-refractivity contribution in [3.05, 3.63) is 21.1 Å². The van der Waals surface area contributed by atoms with Crippen molar-refractivity contribution in [3.8, 4) is 0 Å². The summed E-state index contributed by atoms with van der Waals surface area (Å²) in [6, 6.07) is 1.66. The summed E-state index contributed by atoms with van der Waals surface area (Å²) in [4.78, 5) is 11.6. The maximum Gasteiger partial charge on any atom is 0.208 e. The van der Waals surface area contributed by atoms with Gasteiger partial charge in [-0.3, -0.25) is 10.3 Å². The number of aromatic amines is 1.